The number of para-hydroxylation sites is 1. The molecule has 0 atom stereocenters. The highest BCUT2D eigenvalue weighted by molar-refractivity contribution is 5.79. The molecule has 0 N–H and O–H groups in total. The number of methoxy groups -OCH3 is 3. The minimum Gasteiger partial charge on any atom is -0.493 e. The Bertz CT molecular complexity index is 1250. The average molecular weight is 467 g/mol. The molecule has 2 heterocycles. The third-order valence-electron chi connectivity index (χ3n) is 6.25. The number of hydrogen-bond acceptors (Lipinski definition) is 7. The summed E-state index contributed by atoms with van der Waals surface area (Å²) in [5.41, 5.74) is 1.45. The van der Waals surface area contributed by atoms with Gasteiger partial charge in [0.15, 0.2) is 11.5 Å². The summed E-state index contributed by atoms with van der Waals surface area (Å²) in [6.45, 7) is 5.02. The molecule has 180 valence electrons. The maximum Gasteiger partial charge on any atom is 0.261 e. The summed E-state index contributed by atoms with van der Waals surface area (Å²) in [5, 5.41) is 0.523. The van der Waals surface area contributed by atoms with E-state index < -0.39 is 0 Å². The summed E-state index contributed by atoms with van der Waals surface area (Å²) in [6.07, 6.45) is 0. The number of aromatic nitrogens is 2. The standard InChI is InChI=1S/C25H30N4O5/c1-17-26-20-8-6-5-7-19(20)25(31)29(17)16-22(30)28-13-11-27(12-14-28)15-18-9-10-21(32-2)24(34-4)23(18)33-3/h5-10H,11-16H2,1-4H3. The van der Waals surface area contributed by atoms with Gasteiger partial charge in [-0.25, -0.2) is 4.98 Å². The molecule has 34 heavy (non-hydrogen) atoms. The maximum atomic E-state index is 13.0. The first-order valence-corrected chi connectivity index (χ1v) is 11.2. The number of carbonyl (C=O) groups is 1. The molecule has 1 aliphatic rings. The molecule has 0 aliphatic carbocycles. The topological polar surface area (TPSA) is 86.1 Å². The monoisotopic (exact) mass is 466 g/mol. The van der Waals surface area contributed by atoms with E-state index in [-0.39, 0.29) is 18.0 Å². The van der Waals surface area contributed by atoms with E-state index in [0.717, 1.165) is 5.56 Å². The van der Waals surface area contributed by atoms with Crippen LogP contribution < -0.4 is 19.8 Å². The number of piperazine rings is 1. The summed E-state index contributed by atoms with van der Waals surface area (Å²) < 4.78 is 17.9. The number of hydrogen-bond donors (Lipinski definition) is 0. The molecule has 9 heteroatoms. The number of carbonyl (C=O) groups excluding carboxylic acids is 1. The molecule has 1 saturated heterocycles. The van der Waals surface area contributed by atoms with Gasteiger partial charge in [-0.15, -0.1) is 0 Å². The number of aryl methyl sites for hydroxylation is 1. The Labute approximate surface area is 198 Å². The Morgan fingerprint density at radius 2 is 1.65 bits per heavy atom. The molecular weight excluding hydrogens is 436 g/mol. The van der Waals surface area contributed by atoms with Gasteiger partial charge in [0.05, 0.1) is 32.2 Å². The van der Waals surface area contributed by atoms with Crippen molar-refractivity contribution in [1.82, 2.24) is 19.4 Å². The first kappa shape index (κ1) is 23.6. The van der Waals surface area contributed by atoms with Crippen molar-refractivity contribution in [2.24, 2.45) is 0 Å². The van der Waals surface area contributed by atoms with Crippen molar-refractivity contribution in [2.75, 3.05) is 47.5 Å². The molecule has 0 spiro atoms. The van der Waals surface area contributed by atoms with Crippen molar-refractivity contribution >= 4 is 16.8 Å². The van der Waals surface area contributed by atoms with Gasteiger partial charge < -0.3 is 19.1 Å². The van der Waals surface area contributed by atoms with Crippen molar-refractivity contribution in [3.05, 3.63) is 58.1 Å². The van der Waals surface area contributed by atoms with Crippen LogP contribution in [0.15, 0.2) is 41.2 Å². The van der Waals surface area contributed by atoms with Gasteiger partial charge in [-0.3, -0.25) is 19.1 Å². The van der Waals surface area contributed by atoms with Crippen LogP contribution in [0, 0.1) is 6.92 Å². The van der Waals surface area contributed by atoms with Crippen LogP contribution in [0.3, 0.4) is 0 Å². The van der Waals surface area contributed by atoms with Gasteiger partial charge in [0, 0.05) is 38.3 Å². The second kappa shape index (κ2) is 10.1. The smallest absolute Gasteiger partial charge is 0.261 e. The molecule has 4 rings (SSSR count). The highest BCUT2D eigenvalue weighted by Crippen LogP contribution is 2.40. The molecule has 0 unspecified atom stereocenters. The van der Waals surface area contributed by atoms with Crippen LogP contribution >= 0.6 is 0 Å². The predicted octanol–water partition coefficient (Wildman–Crippen LogP) is 2.08. The van der Waals surface area contributed by atoms with E-state index in [1.165, 1.54) is 4.57 Å². The number of amides is 1. The van der Waals surface area contributed by atoms with E-state index in [2.05, 4.69) is 9.88 Å². The Morgan fingerprint density at radius 1 is 0.941 bits per heavy atom. The minimum absolute atomic E-state index is 0.00793. The summed E-state index contributed by atoms with van der Waals surface area (Å²) in [6, 6.07) is 11.0. The highest BCUT2D eigenvalue weighted by Gasteiger charge is 2.24. The zero-order chi connectivity index (χ0) is 24.2. The van der Waals surface area contributed by atoms with E-state index in [9.17, 15) is 9.59 Å². The lowest BCUT2D eigenvalue weighted by Crippen LogP contribution is -2.49. The highest BCUT2D eigenvalue weighted by atomic mass is 16.5. The molecule has 0 radical (unpaired) electrons. The fourth-order valence-corrected chi connectivity index (χ4v) is 4.38. The fourth-order valence-electron chi connectivity index (χ4n) is 4.38. The lowest BCUT2D eigenvalue weighted by atomic mass is 10.1. The molecule has 2 aromatic carbocycles. The van der Waals surface area contributed by atoms with E-state index in [0.29, 0.717) is 66.7 Å². The van der Waals surface area contributed by atoms with E-state index in [1.807, 2.05) is 29.2 Å². The van der Waals surface area contributed by atoms with Crippen LogP contribution in [0.2, 0.25) is 0 Å². The quantitative estimate of drug-likeness (QED) is 0.527. The van der Waals surface area contributed by atoms with Crippen molar-refractivity contribution < 1.29 is 19.0 Å². The van der Waals surface area contributed by atoms with Crippen LogP contribution in [0.5, 0.6) is 17.2 Å². The largest absolute Gasteiger partial charge is 0.493 e. The lowest BCUT2D eigenvalue weighted by molar-refractivity contribution is -0.133. The first-order chi connectivity index (χ1) is 16.5. The Morgan fingerprint density at radius 3 is 2.32 bits per heavy atom. The van der Waals surface area contributed by atoms with Gasteiger partial charge in [0.2, 0.25) is 11.7 Å². The molecule has 1 amide bonds. The summed E-state index contributed by atoms with van der Waals surface area (Å²) >= 11 is 0. The summed E-state index contributed by atoms with van der Waals surface area (Å²) in [4.78, 5) is 34.5. The van der Waals surface area contributed by atoms with Crippen molar-refractivity contribution in [2.45, 2.75) is 20.0 Å². The molecule has 1 aromatic heterocycles. The number of fused-ring (bicyclic) bond motifs is 1. The average Bonchev–Trinajstić information content (AvgIpc) is 2.86. The van der Waals surface area contributed by atoms with Crippen molar-refractivity contribution in [1.29, 1.82) is 0 Å². The molecule has 9 nitrogen and oxygen atoms in total. The zero-order valence-electron chi connectivity index (χ0n) is 20.0. The Balaban J connectivity index is 1.42. The zero-order valence-corrected chi connectivity index (χ0v) is 20.0. The molecular formula is C25H30N4O5. The van der Waals surface area contributed by atoms with Crippen LogP contribution in [-0.4, -0.2) is 72.8 Å². The number of ether oxygens (including phenoxy) is 3. The summed E-state index contributed by atoms with van der Waals surface area (Å²) in [7, 11) is 4.80. The van der Waals surface area contributed by atoms with Gasteiger partial charge >= 0.3 is 0 Å². The van der Waals surface area contributed by atoms with Crippen molar-refractivity contribution in [3.8, 4) is 17.2 Å². The number of nitrogens with zero attached hydrogens (tertiary/aromatic N) is 4. The number of benzene rings is 2. The molecule has 1 fully saturated rings. The van der Waals surface area contributed by atoms with E-state index in [4.69, 9.17) is 14.2 Å². The molecule has 0 bridgehead atoms. The Kier molecular flexibility index (Phi) is 7.02. The van der Waals surface area contributed by atoms with Gasteiger partial charge in [-0.2, -0.15) is 0 Å². The normalized spacial score (nSPS) is 14.3. The van der Waals surface area contributed by atoms with Gasteiger partial charge in [-0.05, 0) is 25.1 Å². The second-order valence-electron chi connectivity index (χ2n) is 8.22. The van der Waals surface area contributed by atoms with Gasteiger partial charge in [0.25, 0.3) is 5.56 Å². The summed E-state index contributed by atoms with van der Waals surface area (Å²) in [5.74, 6) is 2.30. The third-order valence-corrected chi connectivity index (χ3v) is 6.25. The van der Waals surface area contributed by atoms with Gasteiger partial charge in [0.1, 0.15) is 12.4 Å². The van der Waals surface area contributed by atoms with E-state index in [1.54, 1.807) is 40.4 Å². The second-order valence-corrected chi connectivity index (χ2v) is 8.22. The van der Waals surface area contributed by atoms with Gasteiger partial charge in [-0.1, -0.05) is 18.2 Å². The lowest BCUT2D eigenvalue weighted by Gasteiger charge is -2.35. The predicted molar refractivity (Wildman–Crippen MR) is 129 cm³/mol. The maximum absolute atomic E-state index is 13.0. The van der Waals surface area contributed by atoms with Crippen LogP contribution in [-0.2, 0) is 17.9 Å². The SMILES string of the molecule is COc1ccc(CN2CCN(C(=O)Cn3c(C)nc4ccccc4c3=O)CC2)c(OC)c1OC. The van der Waals surface area contributed by atoms with Crippen LogP contribution in [0.4, 0.5) is 0 Å². The minimum atomic E-state index is -0.185. The molecule has 1 aliphatic heterocycles. The molecule has 3 aromatic rings. The fraction of sp³-hybridized carbons (Fsp3) is 0.400. The van der Waals surface area contributed by atoms with Crippen LogP contribution in [0.1, 0.15) is 11.4 Å². The Hall–Kier alpha value is -3.59. The van der Waals surface area contributed by atoms with Crippen molar-refractivity contribution in [3.63, 3.8) is 0 Å². The first-order valence-electron chi connectivity index (χ1n) is 11.2. The van der Waals surface area contributed by atoms with Crippen LogP contribution in [0.25, 0.3) is 10.9 Å². The third kappa shape index (κ3) is 4.56. The number of rotatable bonds is 7. The van der Waals surface area contributed by atoms with E-state index >= 15 is 0 Å². The molecule has 0 saturated carbocycles.